The van der Waals surface area contributed by atoms with Gasteiger partial charge in [0.15, 0.2) is 0 Å². The Morgan fingerprint density at radius 2 is 2.14 bits per heavy atom. The summed E-state index contributed by atoms with van der Waals surface area (Å²) in [6.07, 6.45) is -0.0308. The SMILES string of the molecule is CC(C)OC(=O)NS(=O)(=O)N1CCCc2c(N)cccc21. The molecule has 1 aliphatic heterocycles. The highest BCUT2D eigenvalue weighted by Gasteiger charge is 2.30. The number of hydrogen-bond acceptors (Lipinski definition) is 5. The fourth-order valence-corrected chi connectivity index (χ4v) is 3.43. The molecule has 3 N–H and O–H groups in total. The number of nitrogens with one attached hydrogen (secondary N) is 1. The molecule has 116 valence electrons. The Kier molecular flexibility index (Phi) is 4.26. The third kappa shape index (κ3) is 3.38. The molecule has 0 saturated carbocycles. The Balaban J connectivity index is 2.27. The zero-order valence-corrected chi connectivity index (χ0v) is 12.8. The second-order valence-corrected chi connectivity index (χ2v) is 6.68. The lowest BCUT2D eigenvalue weighted by Crippen LogP contribution is -2.46. The quantitative estimate of drug-likeness (QED) is 0.821. The first-order valence-corrected chi connectivity index (χ1v) is 8.13. The molecule has 0 aliphatic carbocycles. The Morgan fingerprint density at radius 1 is 1.43 bits per heavy atom. The third-order valence-corrected chi connectivity index (χ3v) is 4.47. The van der Waals surface area contributed by atoms with Gasteiger partial charge in [0.05, 0.1) is 11.8 Å². The highest BCUT2D eigenvalue weighted by Crippen LogP contribution is 2.32. The van der Waals surface area contributed by atoms with Crippen LogP contribution in [0, 0.1) is 0 Å². The summed E-state index contributed by atoms with van der Waals surface area (Å²) in [6, 6.07) is 5.10. The van der Waals surface area contributed by atoms with Gasteiger partial charge in [0.25, 0.3) is 0 Å². The predicted octanol–water partition coefficient (Wildman–Crippen LogP) is 1.40. The number of nitrogens with two attached hydrogens (primary N) is 1. The summed E-state index contributed by atoms with van der Waals surface area (Å²) in [4.78, 5) is 11.5. The number of anilines is 2. The van der Waals surface area contributed by atoms with Gasteiger partial charge in [-0.05, 0) is 44.4 Å². The molecule has 0 saturated heterocycles. The highest BCUT2D eigenvalue weighted by atomic mass is 32.2. The first kappa shape index (κ1) is 15.4. The largest absolute Gasteiger partial charge is 0.446 e. The maximum absolute atomic E-state index is 12.3. The van der Waals surface area contributed by atoms with E-state index in [0.29, 0.717) is 30.8 Å². The van der Waals surface area contributed by atoms with Crippen molar-refractivity contribution in [1.82, 2.24) is 4.72 Å². The van der Waals surface area contributed by atoms with Gasteiger partial charge < -0.3 is 10.5 Å². The maximum atomic E-state index is 12.3. The van der Waals surface area contributed by atoms with Gasteiger partial charge in [-0.15, -0.1) is 0 Å². The van der Waals surface area contributed by atoms with E-state index in [9.17, 15) is 13.2 Å². The van der Waals surface area contributed by atoms with Crippen LogP contribution in [0.4, 0.5) is 16.2 Å². The molecule has 0 fully saturated rings. The number of carbonyl (C=O) groups excluding carboxylic acids is 1. The van der Waals surface area contributed by atoms with Gasteiger partial charge in [-0.1, -0.05) is 6.07 Å². The van der Waals surface area contributed by atoms with Crippen LogP contribution in [0.5, 0.6) is 0 Å². The molecule has 1 aliphatic rings. The molecule has 0 bridgehead atoms. The summed E-state index contributed by atoms with van der Waals surface area (Å²) in [5.74, 6) is 0. The molecular formula is C13H19N3O4S. The van der Waals surface area contributed by atoms with E-state index in [-0.39, 0.29) is 0 Å². The van der Waals surface area contributed by atoms with Gasteiger partial charge in [0, 0.05) is 12.2 Å². The van der Waals surface area contributed by atoms with Crippen LogP contribution in [-0.2, 0) is 21.4 Å². The van der Waals surface area contributed by atoms with Crippen LogP contribution in [0.15, 0.2) is 18.2 Å². The second kappa shape index (κ2) is 5.80. The third-order valence-electron chi connectivity index (χ3n) is 3.09. The molecule has 1 heterocycles. The monoisotopic (exact) mass is 313 g/mol. The molecule has 8 heteroatoms. The maximum Gasteiger partial charge on any atom is 0.422 e. The summed E-state index contributed by atoms with van der Waals surface area (Å²) in [5, 5.41) is 0. The Morgan fingerprint density at radius 3 is 2.81 bits per heavy atom. The molecule has 0 aromatic heterocycles. The number of nitrogens with zero attached hydrogens (tertiary/aromatic N) is 1. The number of nitrogen functional groups attached to an aromatic ring is 1. The normalized spacial score (nSPS) is 14.7. The van der Waals surface area contributed by atoms with E-state index in [1.54, 1.807) is 32.0 Å². The van der Waals surface area contributed by atoms with Crippen LogP contribution in [0.1, 0.15) is 25.8 Å². The average Bonchev–Trinajstić information content (AvgIpc) is 2.36. The zero-order valence-electron chi connectivity index (χ0n) is 12.0. The first-order chi connectivity index (χ1) is 9.81. The molecule has 0 radical (unpaired) electrons. The van der Waals surface area contributed by atoms with Gasteiger partial charge in [-0.2, -0.15) is 8.42 Å². The number of benzene rings is 1. The van der Waals surface area contributed by atoms with Crippen molar-refractivity contribution in [1.29, 1.82) is 0 Å². The molecular weight excluding hydrogens is 294 g/mol. The summed E-state index contributed by atoms with van der Waals surface area (Å²) < 4.78 is 32.5. The topological polar surface area (TPSA) is 102 Å². The minimum atomic E-state index is -4.01. The van der Waals surface area contributed by atoms with Gasteiger partial charge in [-0.25, -0.2) is 9.52 Å². The van der Waals surface area contributed by atoms with Crippen LogP contribution >= 0.6 is 0 Å². The van der Waals surface area contributed by atoms with Crippen molar-refractivity contribution in [3.05, 3.63) is 23.8 Å². The smallest absolute Gasteiger partial charge is 0.422 e. The highest BCUT2D eigenvalue weighted by molar-refractivity contribution is 7.91. The van der Waals surface area contributed by atoms with E-state index in [1.807, 2.05) is 4.72 Å². The van der Waals surface area contributed by atoms with E-state index in [1.165, 1.54) is 0 Å². The standard InChI is InChI=1S/C13H19N3O4S/c1-9(2)20-13(17)15-21(18,19)16-8-4-5-10-11(14)6-3-7-12(10)16/h3,6-7,9H,4-5,8,14H2,1-2H3,(H,15,17). The lowest BCUT2D eigenvalue weighted by atomic mass is 10.0. The number of rotatable bonds is 3. The molecule has 1 amide bonds. The summed E-state index contributed by atoms with van der Waals surface area (Å²) in [5.41, 5.74) is 7.72. The van der Waals surface area contributed by atoms with Crippen LogP contribution in [-0.4, -0.2) is 27.2 Å². The van der Waals surface area contributed by atoms with Crippen molar-refractivity contribution in [2.75, 3.05) is 16.6 Å². The summed E-state index contributed by atoms with van der Waals surface area (Å²) in [7, 11) is -4.01. The average molecular weight is 313 g/mol. The van der Waals surface area contributed by atoms with E-state index in [2.05, 4.69) is 0 Å². The van der Waals surface area contributed by atoms with E-state index in [0.717, 1.165) is 9.87 Å². The van der Waals surface area contributed by atoms with E-state index < -0.39 is 22.4 Å². The molecule has 0 spiro atoms. The molecule has 1 aromatic rings. The van der Waals surface area contributed by atoms with Crippen LogP contribution in [0.2, 0.25) is 0 Å². The fourth-order valence-electron chi connectivity index (χ4n) is 2.27. The van der Waals surface area contributed by atoms with Crippen LogP contribution in [0.3, 0.4) is 0 Å². The Bertz CT molecular complexity index is 643. The minimum absolute atomic E-state index is 0.292. The molecule has 7 nitrogen and oxygen atoms in total. The first-order valence-electron chi connectivity index (χ1n) is 6.69. The molecule has 2 rings (SSSR count). The lowest BCUT2D eigenvalue weighted by molar-refractivity contribution is 0.121. The fraction of sp³-hybridized carbons (Fsp3) is 0.462. The molecule has 21 heavy (non-hydrogen) atoms. The molecule has 0 unspecified atom stereocenters. The number of carbonyl (C=O) groups is 1. The van der Waals surface area contributed by atoms with Crippen molar-refractivity contribution in [2.24, 2.45) is 0 Å². The predicted molar refractivity (Wildman–Crippen MR) is 80.2 cm³/mol. The summed E-state index contributed by atoms with van der Waals surface area (Å²) in [6.45, 7) is 3.58. The second-order valence-electron chi connectivity index (χ2n) is 5.08. The van der Waals surface area contributed by atoms with Gasteiger partial charge in [0.1, 0.15) is 0 Å². The van der Waals surface area contributed by atoms with Crippen molar-refractivity contribution < 1.29 is 17.9 Å². The number of hydrogen-bond donors (Lipinski definition) is 2. The van der Waals surface area contributed by atoms with Gasteiger partial charge in [-0.3, -0.25) is 4.31 Å². The Labute approximate surface area is 124 Å². The zero-order chi connectivity index (χ0) is 15.6. The molecule has 0 atom stereocenters. The van der Waals surface area contributed by atoms with Crippen LogP contribution in [0.25, 0.3) is 0 Å². The number of ether oxygens (including phenoxy) is 1. The molecule has 1 aromatic carbocycles. The number of amides is 1. The van der Waals surface area contributed by atoms with Crippen LogP contribution < -0.4 is 14.8 Å². The number of fused-ring (bicyclic) bond motifs is 1. The van der Waals surface area contributed by atoms with E-state index in [4.69, 9.17) is 10.5 Å². The van der Waals surface area contributed by atoms with Crippen molar-refractivity contribution in [3.63, 3.8) is 0 Å². The van der Waals surface area contributed by atoms with Crippen molar-refractivity contribution in [3.8, 4) is 0 Å². The van der Waals surface area contributed by atoms with Crippen molar-refractivity contribution >= 4 is 27.7 Å². The minimum Gasteiger partial charge on any atom is -0.446 e. The van der Waals surface area contributed by atoms with Crippen molar-refractivity contribution in [2.45, 2.75) is 32.8 Å². The lowest BCUT2D eigenvalue weighted by Gasteiger charge is -2.30. The summed E-state index contributed by atoms with van der Waals surface area (Å²) >= 11 is 0. The Hall–Kier alpha value is -1.96. The van der Waals surface area contributed by atoms with Gasteiger partial charge >= 0.3 is 16.3 Å². The van der Waals surface area contributed by atoms with Gasteiger partial charge in [0.2, 0.25) is 0 Å². The van der Waals surface area contributed by atoms with E-state index >= 15 is 0 Å².